The van der Waals surface area contributed by atoms with Crippen molar-refractivity contribution in [1.82, 2.24) is 0 Å². The maximum absolute atomic E-state index is 11.9. The molecule has 0 unspecified atom stereocenters. The lowest BCUT2D eigenvalue weighted by Crippen LogP contribution is -2.10. The van der Waals surface area contributed by atoms with Gasteiger partial charge in [-0.05, 0) is 49.4 Å². The molecule has 0 atom stereocenters. The SMILES string of the molecule is CCCCCCc1c(C(=O)OC)cc(C)c(N)c1C. The highest BCUT2D eigenvalue weighted by molar-refractivity contribution is 5.92. The average molecular weight is 263 g/mol. The maximum atomic E-state index is 11.9. The second-order valence-electron chi connectivity index (χ2n) is 5.06. The summed E-state index contributed by atoms with van der Waals surface area (Å²) < 4.78 is 4.87. The lowest BCUT2D eigenvalue weighted by Gasteiger charge is -2.15. The van der Waals surface area contributed by atoms with Gasteiger partial charge in [0.05, 0.1) is 12.7 Å². The van der Waals surface area contributed by atoms with Gasteiger partial charge in [-0.25, -0.2) is 4.79 Å². The molecule has 3 nitrogen and oxygen atoms in total. The van der Waals surface area contributed by atoms with Crippen LogP contribution in [0.1, 0.15) is 59.7 Å². The molecule has 19 heavy (non-hydrogen) atoms. The minimum Gasteiger partial charge on any atom is -0.465 e. The van der Waals surface area contributed by atoms with Crippen LogP contribution in [0, 0.1) is 13.8 Å². The van der Waals surface area contributed by atoms with Crippen LogP contribution in [-0.4, -0.2) is 13.1 Å². The van der Waals surface area contributed by atoms with Gasteiger partial charge in [0.1, 0.15) is 0 Å². The third kappa shape index (κ3) is 3.72. The van der Waals surface area contributed by atoms with Crippen LogP contribution >= 0.6 is 0 Å². The van der Waals surface area contributed by atoms with E-state index in [9.17, 15) is 4.79 Å². The van der Waals surface area contributed by atoms with Gasteiger partial charge >= 0.3 is 5.97 Å². The number of nitrogens with two attached hydrogens (primary N) is 1. The average Bonchev–Trinajstić information content (AvgIpc) is 2.41. The monoisotopic (exact) mass is 263 g/mol. The molecule has 0 radical (unpaired) electrons. The third-order valence-corrected chi connectivity index (χ3v) is 3.65. The van der Waals surface area contributed by atoms with E-state index in [-0.39, 0.29) is 5.97 Å². The van der Waals surface area contributed by atoms with Gasteiger partial charge in [-0.15, -0.1) is 0 Å². The minimum absolute atomic E-state index is 0.267. The number of aryl methyl sites for hydroxylation is 1. The normalized spacial score (nSPS) is 10.5. The first-order valence-corrected chi connectivity index (χ1v) is 6.99. The molecule has 3 heteroatoms. The van der Waals surface area contributed by atoms with E-state index in [4.69, 9.17) is 10.5 Å². The van der Waals surface area contributed by atoms with Crippen LogP contribution in [0.3, 0.4) is 0 Å². The van der Waals surface area contributed by atoms with Crippen molar-refractivity contribution in [1.29, 1.82) is 0 Å². The first-order chi connectivity index (χ1) is 9.02. The van der Waals surface area contributed by atoms with Crippen LogP contribution in [0.2, 0.25) is 0 Å². The number of hydrogen-bond acceptors (Lipinski definition) is 3. The van der Waals surface area contributed by atoms with Crippen molar-refractivity contribution in [3.05, 3.63) is 28.3 Å². The summed E-state index contributed by atoms with van der Waals surface area (Å²) in [7, 11) is 1.42. The van der Waals surface area contributed by atoms with Crippen LogP contribution in [0.5, 0.6) is 0 Å². The highest BCUT2D eigenvalue weighted by atomic mass is 16.5. The van der Waals surface area contributed by atoms with Crippen molar-refractivity contribution in [2.75, 3.05) is 12.8 Å². The van der Waals surface area contributed by atoms with Crippen molar-refractivity contribution in [2.24, 2.45) is 0 Å². The van der Waals surface area contributed by atoms with Crippen LogP contribution < -0.4 is 5.73 Å². The Hall–Kier alpha value is -1.51. The molecule has 0 bridgehead atoms. The molecular weight excluding hydrogens is 238 g/mol. The molecule has 0 saturated carbocycles. The first kappa shape index (κ1) is 15.5. The minimum atomic E-state index is -0.267. The Kier molecular flexibility index (Phi) is 5.87. The van der Waals surface area contributed by atoms with E-state index in [1.807, 2.05) is 19.9 Å². The molecule has 106 valence electrons. The summed E-state index contributed by atoms with van der Waals surface area (Å²) in [5.41, 5.74) is 10.5. The van der Waals surface area contributed by atoms with Crippen LogP contribution in [-0.2, 0) is 11.2 Å². The van der Waals surface area contributed by atoms with Gasteiger partial charge in [0, 0.05) is 5.69 Å². The summed E-state index contributed by atoms with van der Waals surface area (Å²) in [5.74, 6) is -0.267. The Balaban J connectivity index is 3.04. The summed E-state index contributed by atoms with van der Waals surface area (Å²) in [5, 5.41) is 0. The molecule has 0 aliphatic carbocycles. The van der Waals surface area contributed by atoms with Crippen molar-refractivity contribution in [2.45, 2.75) is 52.9 Å². The largest absolute Gasteiger partial charge is 0.465 e. The van der Waals surface area contributed by atoms with Crippen LogP contribution in [0.15, 0.2) is 6.07 Å². The number of hydrogen-bond donors (Lipinski definition) is 1. The molecule has 1 rings (SSSR count). The zero-order chi connectivity index (χ0) is 14.4. The number of carbonyl (C=O) groups is 1. The summed E-state index contributed by atoms with van der Waals surface area (Å²) in [4.78, 5) is 11.9. The highest BCUT2D eigenvalue weighted by Crippen LogP contribution is 2.27. The number of anilines is 1. The van der Waals surface area contributed by atoms with E-state index in [0.29, 0.717) is 5.56 Å². The van der Waals surface area contributed by atoms with E-state index in [0.717, 1.165) is 35.2 Å². The van der Waals surface area contributed by atoms with E-state index in [1.165, 1.54) is 26.4 Å². The van der Waals surface area contributed by atoms with Crippen LogP contribution in [0.4, 0.5) is 5.69 Å². The predicted molar refractivity (Wildman–Crippen MR) is 79.5 cm³/mol. The fraction of sp³-hybridized carbons (Fsp3) is 0.562. The Bertz CT molecular complexity index is 453. The molecule has 0 heterocycles. The number of esters is 1. The number of nitrogen functional groups attached to an aromatic ring is 1. The zero-order valence-electron chi connectivity index (χ0n) is 12.5. The number of benzene rings is 1. The van der Waals surface area contributed by atoms with Crippen molar-refractivity contribution in [3.8, 4) is 0 Å². The van der Waals surface area contributed by atoms with Crippen molar-refractivity contribution >= 4 is 11.7 Å². The van der Waals surface area contributed by atoms with Gasteiger partial charge in [-0.3, -0.25) is 0 Å². The standard InChI is InChI=1S/C16H25NO2/c1-5-6-7-8-9-13-12(3)15(17)11(2)10-14(13)16(18)19-4/h10H,5-9,17H2,1-4H3. The quantitative estimate of drug-likeness (QED) is 0.482. The Morgan fingerprint density at radius 3 is 2.53 bits per heavy atom. The fourth-order valence-electron chi connectivity index (χ4n) is 2.38. The summed E-state index contributed by atoms with van der Waals surface area (Å²) in [6, 6.07) is 1.85. The summed E-state index contributed by atoms with van der Waals surface area (Å²) in [6.45, 7) is 6.11. The summed E-state index contributed by atoms with van der Waals surface area (Å²) >= 11 is 0. The van der Waals surface area contributed by atoms with Gasteiger partial charge < -0.3 is 10.5 Å². The maximum Gasteiger partial charge on any atom is 0.338 e. The number of unbranched alkanes of at least 4 members (excludes halogenated alkanes) is 3. The van der Waals surface area contributed by atoms with E-state index in [1.54, 1.807) is 0 Å². The molecule has 0 aliphatic heterocycles. The smallest absolute Gasteiger partial charge is 0.338 e. The molecule has 0 amide bonds. The van der Waals surface area contributed by atoms with Gasteiger partial charge in [-0.2, -0.15) is 0 Å². The molecule has 0 fully saturated rings. The first-order valence-electron chi connectivity index (χ1n) is 6.99. The van der Waals surface area contributed by atoms with Gasteiger partial charge in [0.15, 0.2) is 0 Å². The van der Waals surface area contributed by atoms with Gasteiger partial charge in [-0.1, -0.05) is 26.2 Å². The molecule has 1 aromatic carbocycles. The van der Waals surface area contributed by atoms with E-state index < -0.39 is 0 Å². The lowest BCUT2D eigenvalue weighted by molar-refractivity contribution is 0.0599. The van der Waals surface area contributed by atoms with Crippen molar-refractivity contribution < 1.29 is 9.53 Å². The highest BCUT2D eigenvalue weighted by Gasteiger charge is 2.17. The third-order valence-electron chi connectivity index (χ3n) is 3.65. The Morgan fingerprint density at radius 2 is 1.95 bits per heavy atom. The zero-order valence-corrected chi connectivity index (χ0v) is 12.5. The molecule has 0 aromatic heterocycles. The van der Waals surface area contributed by atoms with Gasteiger partial charge in [0.2, 0.25) is 0 Å². The summed E-state index contributed by atoms with van der Waals surface area (Å²) in [6.07, 6.45) is 5.60. The molecular formula is C16H25NO2. The lowest BCUT2D eigenvalue weighted by atomic mass is 9.92. The van der Waals surface area contributed by atoms with E-state index >= 15 is 0 Å². The van der Waals surface area contributed by atoms with Crippen LogP contribution in [0.25, 0.3) is 0 Å². The van der Waals surface area contributed by atoms with Crippen molar-refractivity contribution in [3.63, 3.8) is 0 Å². The van der Waals surface area contributed by atoms with E-state index in [2.05, 4.69) is 6.92 Å². The predicted octanol–water partition coefficient (Wildman–Crippen LogP) is 3.80. The second kappa shape index (κ2) is 7.17. The second-order valence-corrected chi connectivity index (χ2v) is 5.06. The number of rotatable bonds is 6. The Labute approximate surface area is 116 Å². The molecule has 0 aliphatic rings. The number of ether oxygens (including phenoxy) is 1. The van der Waals surface area contributed by atoms with Gasteiger partial charge in [0.25, 0.3) is 0 Å². The molecule has 1 aromatic rings. The molecule has 0 saturated heterocycles. The molecule has 2 N–H and O–H groups in total. The Morgan fingerprint density at radius 1 is 1.26 bits per heavy atom. The molecule has 0 spiro atoms. The topological polar surface area (TPSA) is 52.3 Å². The number of carbonyl (C=O) groups excluding carboxylic acids is 1. The fourth-order valence-corrected chi connectivity index (χ4v) is 2.38. The number of methoxy groups -OCH3 is 1.